The first-order valence-corrected chi connectivity index (χ1v) is 6.95. The number of carbonyl (C=O) groups excluding carboxylic acids is 1. The molecule has 104 valence electrons. The number of nitrogen functional groups attached to an aromatic ring is 1. The third-order valence-corrected chi connectivity index (χ3v) is 4.36. The number of benzene rings is 1. The molecule has 3 atom stereocenters. The molecule has 1 aliphatic carbocycles. The summed E-state index contributed by atoms with van der Waals surface area (Å²) in [5.41, 5.74) is 13.0. The van der Waals surface area contributed by atoms with E-state index in [4.69, 9.17) is 11.5 Å². The lowest BCUT2D eigenvalue weighted by Crippen LogP contribution is -2.35. The molecule has 19 heavy (non-hydrogen) atoms. The molecular formula is C15H23N3O. The summed E-state index contributed by atoms with van der Waals surface area (Å²) >= 11 is 0. The minimum atomic E-state index is -0.439. The number of nitrogens with two attached hydrogens (primary N) is 2. The predicted molar refractivity (Wildman–Crippen MR) is 79.0 cm³/mol. The lowest BCUT2D eigenvalue weighted by atomic mass is 9.78. The molecule has 1 fully saturated rings. The molecule has 0 heterocycles. The van der Waals surface area contributed by atoms with Crippen LogP contribution < -0.4 is 16.8 Å². The molecule has 0 aromatic heterocycles. The van der Waals surface area contributed by atoms with E-state index in [1.165, 1.54) is 12.8 Å². The standard InChI is InChI=1S/C15H23N3O/c1-9-4-3-5-13(10(9)2)18-14-7-6-11(16)8-12(14)15(17)19/h6-10,13,18H,3-5,16H2,1-2H3,(H2,17,19). The molecule has 5 N–H and O–H groups in total. The van der Waals surface area contributed by atoms with Crippen LogP contribution in [0.4, 0.5) is 11.4 Å². The normalized spacial score (nSPS) is 26.9. The van der Waals surface area contributed by atoms with E-state index in [2.05, 4.69) is 19.2 Å². The van der Waals surface area contributed by atoms with E-state index in [1.54, 1.807) is 12.1 Å². The third kappa shape index (κ3) is 3.00. The molecule has 0 aliphatic heterocycles. The van der Waals surface area contributed by atoms with Crippen molar-refractivity contribution in [3.8, 4) is 0 Å². The van der Waals surface area contributed by atoms with E-state index in [0.717, 1.165) is 12.1 Å². The van der Waals surface area contributed by atoms with Gasteiger partial charge in [0, 0.05) is 17.4 Å². The van der Waals surface area contributed by atoms with Crippen LogP contribution in [0.1, 0.15) is 43.5 Å². The molecule has 4 heteroatoms. The molecule has 2 rings (SSSR count). The van der Waals surface area contributed by atoms with Crippen LogP contribution in [0.3, 0.4) is 0 Å². The van der Waals surface area contributed by atoms with Gasteiger partial charge in [-0.15, -0.1) is 0 Å². The van der Waals surface area contributed by atoms with Gasteiger partial charge in [-0.25, -0.2) is 0 Å². The molecule has 0 bridgehead atoms. The number of hydrogen-bond donors (Lipinski definition) is 3. The van der Waals surface area contributed by atoms with Crippen molar-refractivity contribution in [1.82, 2.24) is 0 Å². The van der Waals surface area contributed by atoms with Crippen LogP contribution in [-0.4, -0.2) is 11.9 Å². The number of carbonyl (C=O) groups is 1. The van der Waals surface area contributed by atoms with Gasteiger partial charge in [-0.1, -0.05) is 26.7 Å². The van der Waals surface area contributed by atoms with Crippen molar-refractivity contribution in [3.63, 3.8) is 0 Å². The number of nitrogens with one attached hydrogen (secondary N) is 1. The zero-order chi connectivity index (χ0) is 14.0. The zero-order valence-electron chi connectivity index (χ0n) is 11.6. The Hall–Kier alpha value is -1.71. The Balaban J connectivity index is 2.21. The van der Waals surface area contributed by atoms with Crippen LogP contribution in [0.2, 0.25) is 0 Å². The first-order chi connectivity index (χ1) is 8.99. The van der Waals surface area contributed by atoms with Gasteiger partial charge in [-0.2, -0.15) is 0 Å². The second kappa shape index (κ2) is 5.51. The Morgan fingerprint density at radius 2 is 2.05 bits per heavy atom. The van der Waals surface area contributed by atoms with Crippen molar-refractivity contribution < 1.29 is 4.79 Å². The van der Waals surface area contributed by atoms with Gasteiger partial charge in [0.1, 0.15) is 0 Å². The van der Waals surface area contributed by atoms with E-state index in [9.17, 15) is 4.79 Å². The number of rotatable bonds is 3. The summed E-state index contributed by atoms with van der Waals surface area (Å²) in [5.74, 6) is 0.857. The van der Waals surface area contributed by atoms with E-state index in [-0.39, 0.29) is 0 Å². The first-order valence-electron chi connectivity index (χ1n) is 6.95. The number of anilines is 2. The van der Waals surface area contributed by atoms with Crippen molar-refractivity contribution in [2.75, 3.05) is 11.1 Å². The van der Waals surface area contributed by atoms with E-state index in [0.29, 0.717) is 29.1 Å². The SMILES string of the molecule is CC1CCCC(Nc2ccc(N)cc2C(N)=O)C1C. The fourth-order valence-electron chi connectivity index (χ4n) is 2.88. The van der Waals surface area contributed by atoms with Crippen LogP contribution >= 0.6 is 0 Å². The van der Waals surface area contributed by atoms with Gasteiger partial charge >= 0.3 is 0 Å². The van der Waals surface area contributed by atoms with Crippen LogP contribution in [0.15, 0.2) is 18.2 Å². The van der Waals surface area contributed by atoms with Crippen LogP contribution in [0, 0.1) is 11.8 Å². The lowest BCUT2D eigenvalue weighted by molar-refractivity contribution is 0.100. The molecular weight excluding hydrogens is 238 g/mol. The van der Waals surface area contributed by atoms with E-state index >= 15 is 0 Å². The van der Waals surface area contributed by atoms with Crippen molar-refractivity contribution in [1.29, 1.82) is 0 Å². The predicted octanol–water partition coefficient (Wildman–Crippen LogP) is 2.60. The van der Waals surface area contributed by atoms with Crippen LogP contribution in [0.5, 0.6) is 0 Å². The lowest BCUT2D eigenvalue weighted by Gasteiger charge is -2.35. The minimum Gasteiger partial charge on any atom is -0.399 e. The van der Waals surface area contributed by atoms with Crippen LogP contribution in [0.25, 0.3) is 0 Å². The molecule has 1 amide bonds. The number of hydrogen-bond acceptors (Lipinski definition) is 3. The van der Waals surface area contributed by atoms with Crippen molar-refractivity contribution in [3.05, 3.63) is 23.8 Å². The average Bonchev–Trinajstić information content (AvgIpc) is 2.36. The molecule has 0 radical (unpaired) electrons. The van der Waals surface area contributed by atoms with Gasteiger partial charge in [-0.05, 0) is 36.5 Å². The fourth-order valence-corrected chi connectivity index (χ4v) is 2.88. The van der Waals surface area contributed by atoms with Gasteiger partial charge in [0.05, 0.1) is 5.56 Å². The summed E-state index contributed by atoms with van der Waals surface area (Å²) in [5, 5.41) is 3.48. The summed E-state index contributed by atoms with van der Waals surface area (Å²) in [6.45, 7) is 4.55. The Labute approximate surface area is 114 Å². The molecule has 1 aliphatic rings. The highest BCUT2D eigenvalue weighted by Gasteiger charge is 2.27. The minimum absolute atomic E-state index is 0.394. The van der Waals surface area contributed by atoms with Gasteiger partial charge in [0.15, 0.2) is 0 Å². The Kier molecular flexibility index (Phi) is 3.98. The molecule has 0 spiro atoms. The Morgan fingerprint density at radius 3 is 2.74 bits per heavy atom. The quantitative estimate of drug-likeness (QED) is 0.731. The Morgan fingerprint density at radius 1 is 1.32 bits per heavy atom. The Bertz CT molecular complexity index is 472. The van der Waals surface area contributed by atoms with Gasteiger partial charge < -0.3 is 16.8 Å². The van der Waals surface area contributed by atoms with Crippen LogP contribution in [-0.2, 0) is 0 Å². The number of amides is 1. The van der Waals surface area contributed by atoms with E-state index < -0.39 is 5.91 Å². The largest absolute Gasteiger partial charge is 0.399 e. The summed E-state index contributed by atoms with van der Waals surface area (Å²) in [6, 6.07) is 5.68. The summed E-state index contributed by atoms with van der Waals surface area (Å²) in [7, 11) is 0. The molecule has 4 nitrogen and oxygen atoms in total. The average molecular weight is 261 g/mol. The topological polar surface area (TPSA) is 81.1 Å². The van der Waals surface area contributed by atoms with E-state index in [1.807, 2.05) is 6.07 Å². The fraction of sp³-hybridized carbons (Fsp3) is 0.533. The first kappa shape index (κ1) is 13.7. The highest BCUT2D eigenvalue weighted by Crippen LogP contribution is 2.32. The molecule has 1 aromatic carbocycles. The number of primary amides is 1. The molecule has 1 aromatic rings. The second-order valence-electron chi connectivity index (χ2n) is 5.69. The highest BCUT2D eigenvalue weighted by molar-refractivity contribution is 5.99. The molecule has 3 unspecified atom stereocenters. The zero-order valence-corrected chi connectivity index (χ0v) is 11.6. The molecule has 0 saturated heterocycles. The van der Waals surface area contributed by atoms with Crippen molar-refractivity contribution in [2.24, 2.45) is 17.6 Å². The monoisotopic (exact) mass is 261 g/mol. The molecule has 1 saturated carbocycles. The smallest absolute Gasteiger partial charge is 0.250 e. The van der Waals surface area contributed by atoms with Gasteiger partial charge in [0.2, 0.25) is 0 Å². The summed E-state index contributed by atoms with van der Waals surface area (Å²) in [4.78, 5) is 11.5. The van der Waals surface area contributed by atoms with Gasteiger partial charge in [-0.3, -0.25) is 4.79 Å². The van der Waals surface area contributed by atoms with Crippen molar-refractivity contribution in [2.45, 2.75) is 39.2 Å². The maximum atomic E-state index is 11.5. The maximum absolute atomic E-state index is 11.5. The second-order valence-corrected chi connectivity index (χ2v) is 5.69. The van der Waals surface area contributed by atoms with Gasteiger partial charge in [0.25, 0.3) is 5.91 Å². The summed E-state index contributed by atoms with van der Waals surface area (Å²) < 4.78 is 0. The maximum Gasteiger partial charge on any atom is 0.250 e. The van der Waals surface area contributed by atoms with Crippen molar-refractivity contribution >= 4 is 17.3 Å². The third-order valence-electron chi connectivity index (χ3n) is 4.36. The summed E-state index contributed by atoms with van der Waals surface area (Å²) in [6.07, 6.45) is 3.64. The highest BCUT2D eigenvalue weighted by atomic mass is 16.1.